The first-order valence-electron chi connectivity index (χ1n) is 7.08. The second-order valence-corrected chi connectivity index (χ2v) is 5.51. The van der Waals surface area contributed by atoms with Gasteiger partial charge in [-0.3, -0.25) is 19.7 Å². The van der Waals surface area contributed by atoms with Crippen LogP contribution in [0, 0.1) is 11.8 Å². The van der Waals surface area contributed by atoms with Gasteiger partial charge in [0.05, 0.1) is 0 Å². The Balaban J connectivity index is 2.33. The molecule has 0 aliphatic carbocycles. The van der Waals surface area contributed by atoms with E-state index in [1.165, 1.54) is 0 Å². The topological polar surface area (TPSA) is 63.2 Å². The Morgan fingerprint density at radius 1 is 1.40 bits per heavy atom. The van der Waals surface area contributed by atoms with Gasteiger partial charge in [-0.05, 0) is 25.7 Å². The molecule has 1 N–H and O–H groups in total. The predicted molar refractivity (Wildman–Crippen MR) is 77.8 cm³/mol. The molecule has 1 saturated heterocycles. The molecular formula is C16H23NO3. The third-order valence-corrected chi connectivity index (χ3v) is 3.61. The number of piperidine rings is 1. The van der Waals surface area contributed by atoms with Gasteiger partial charge < -0.3 is 0 Å². The van der Waals surface area contributed by atoms with Gasteiger partial charge in [0, 0.05) is 25.2 Å². The molecule has 0 aromatic heterocycles. The second kappa shape index (κ2) is 7.78. The van der Waals surface area contributed by atoms with E-state index in [1.807, 2.05) is 19.9 Å². The van der Waals surface area contributed by atoms with Crippen LogP contribution < -0.4 is 5.32 Å². The maximum absolute atomic E-state index is 11.9. The van der Waals surface area contributed by atoms with Crippen molar-refractivity contribution in [2.24, 2.45) is 11.8 Å². The summed E-state index contributed by atoms with van der Waals surface area (Å²) in [5.74, 6) is -0.224. The van der Waals surface area contributed by atoms with E-state index in [0.717, 1.165) is 18.4 Å². The van der Waals surface area contributed by atoms with Crippen LogP contribution in [0.1, 0.15) is 46.0 Å². The van der Waals surface area contributed by atoms with E-state index in [2.05, 4.69) is 11.9 Å². The second-order valence-electron chi connectivity index (χ2n) is 5.51. The minimum atomic E-state index is -0.199. The summed E-state index contributed by atoms with van der Waals surface area (Å²) in [4.78, 5) is 34.4. The first-order chi connectivity index (χ1) is 9.42. The molecule has 20 heavy (non-hydrogen) atoms. The standard InChI is InChI=1S/C16H23NO3/c1-4-11(2)8-12(3)14(18)7-5-6-13-9-15(19)17-16(20)10-13/h4,8,12-13H,1,5-7,9-10H2,2-3H3,(H,17,19,20)/b11-8+/t12-/m1/s1. The molecule has 0 unspecified atom stereocenters. The number of hydrogen-bond acceptors (Lipinski definition) is 3. The highest BCUT2D eigenvalue weighted by Crippen LogP contribution is 2.21. The van der Waals surface area contributed by atoms with Crippen molar-refractivity contribution in [3.8, 4) is 0 Å². The molecule has 0 saturated carbocycles. The Labute approximate surface area is 120 Å². The first-order valence-corrected chi connectivity index (χ1v) is 7.08. The minimum absolute atomic E-state index is 0.0878. The molecule has 4 nitrogen and oxygen atoms in total. The Hall–Kier alpha value is -1.71. The number of hydrogen-bond donors (Lipinski definition) is 1. The maximum atomic E-state index is 11.9. The summed E-state index contributed by atoms with van der Waals surface area (Å²) < 4.78 is 0. The lowest BCUT2D eigenvalue weighted by Gasteiger charge is -2.20. The molecule has 1 rings (SSSR count). The molecule has 0 bridgehead atoms. The highest BCUT2D eigenvalue weighted by atomic mass is 16.2. The van der Waals surface area contributed by atoms with Crippen LogP contribution in [0.15, 0.2) is 24.3 Å². The van der Waals surface area contributed by atoms with Crippen molar-refractivity contribution in [3.05, 3.63) is 24.3 Å². The van der Waals surface area contributed by atoms with Gasteiger partial charge in [0.2, 0.25) is 11.8 Å². The SMILES string of the molecule is C=C/C(C)=C/[C@@H](C)C(=O)CCCC1CC(=O)NC(=O)C1. The average Bonchev–Trinajstić information content (AvgIpc) is 2.37. The molecule has 1 fully saturated rings. The van der Waals surface area contributed by atoms with Crippen molar-refractivity contribution in [1.29, 1.82) is 0 Å². The van der Waals surface area contributed by atoms with Crippen molar-refractivity contribution < 1.29 is 14.4 Å². The Morgan fingerprint density at radius 3 is 2.55 bits per heavy atom. The molecule has 4 heteroatoms. The number of allylic oxidation sites excluding steroid dienone is 3. The van der Waals surface area contributed by atoms with Crippen LogP contribution in [-0.2, 0) is 14.4 Å². The van der Waals surface area contributed by atoms with Crippen molar-refractivity contribution in [2.75, 3.05) is 0 Å². The number of nitrogens with one attached hydrogen (secondary N) is 1. The third kappa shape index (κ3) is 5.51. The molecule has 1 aliphatic heterocycles. The molecule has 0 spiro atoms. The number of carbonyl (C=O) groups is 3. The van der Waals surface area contributed by atoms with Gasteiger partial charge in [-0.2, -0.15) is 0 Å². The fourth-order valence-corrected chi connectivity index (χ4v) is 2.41. The molecule has 1 atom stereocenters. The average molecular weight is 277 g/mol. The normalized spacial score (nSPS) is 18.6. The lowest BCUT2D eigenvalue weighted by Crippen LogP contribution is -2.38. The van der Waals surface area contributed by atoms with E-state index >= 15 is 0 Å². The number of ketones is 1. The van der Waals surface area contributed by atoms with Gasteiger partial charge in [-0.1, -0.05) is 31.2 Å². The summed E-state index contributed by atoms with van der Waals surface area (Å²) >= 11 is 0. The number of rotatable bonds is 7. The highest BCUT2D eigenvalue weighted by molar-refractivity contribution is 5.97. The van der Waals surface area contributed by atoms with Gasteiger partial charge >= 0.3 is 0 Å². The van der Waals surface area contributed by atoms with Crippen LogP contribution in [-0.4, -0.2) is 17.6 Å². The Bertz CT molecular complexity index is 421. The van der Waals surface area contributed by atoms with Crippen LogP contribution in [0.4, 0.5) is 0 Å². The zero-order valence-corrected chi connectivity index (χ0v) is 12.3. The third-order valence-electron chi connectivity index (χ3n) is 3.61. The van der Waals surface area contributed by atoms with E-state index in [1.54, 1.807) is 6.08 Å². The smallest absolute Gasteiger partial charge is 0.226 e. The van der Waals surface area contributed by atoms with Crippen molar-refractivity contribution >= 4 is 17.6 Å². The minimum Gasteiger partial charge on any atom is -0.299 e. The van der Waals surface area contributed by atoms with Crippen LogP contribution in [0.5, 0.6) is 0 Å². The van der Waals surface area contributed by atoms with Crippen LogP contribution >= 0.6 is 0 Å². The van der Waals surface area contributed by atoms with E-state index in [-0.39, 0.29) is 29.4 Å². The molecule has 0 radical (unpaired) electrons. The molecule has 1 heterocycles. The summed E-state index contributed by atoms with van der Waals surface area (Å²) in [5.41, 5.74) is 1.00. The number of Topliss-reactive ketones (excluding diaryl/α,β-unsaturated/α-hetero) is 1. The largest absolute Gasteiger partial charge is 0.299 e. The lowest BCUT2D eigenvalue weighted by atomic mass is 9.90. The van der Waals surface area contributed by atoms with E-state index in [9.17, 15) is 14.4 Å². The van der Waals surface area contributed by atoms with Gasteiger partial charge in [0.25, 0.3) is 0 Å². The molecule has 2 amide bonds. The summed E-state index contributed by atoms with van der Waals surface area (Å²) in [7, 11) is 0. The Morgan fingerprint density at radius 2 is 2.00 bits per heavy atom. The monoisotopic (exact) mass is 277 g/mol. The number of imide groups is 1. The van der Waals surface area contributed by atoms with Gasteiger partial charge in [-0.25, -0.2) is 0 Å². The zero-order valence-electron chi connectivity index (χ0n) is 12.3. The van der Waals surface area contributed by atoms with E-state index < -0.39 is 0 Å². The predicted octanol–water partition coefficient (Wildman–Crippen LogP) is 2.55. The highest BCUT2D eigenvalue weighted by Gasteiger charge is 2.24. The van der Waals surface area contributed by atoms with Crippen LogP contribution in [0.3, 0.4) is 0 Å². The van der Waals surface area contributed by atoms with Gasteiger partial charge in [0.1, 0.15) is 5.78 Å². The lowest BCUT2D eigenvalue weighted by molar-refractivity contribution is -0.134. The van der Waals surface area contributed by atoms with Crippen molar-refractivity contribution in [3.63, 3.8) is 0 Å². The molecule has 1 aliphatic rings. The fourth-order valence-electron chi connectivity index (χ4n) is 2.41. The molecule has 110 valence electrons. The molecule has 0 aromatic rings. The number of carbonyl (C=O) groups excluding carboxylic acids is 3. The number of amides is 2. The fraction of sp³-hybridized carbons (Fsp3) is 0.562. The first kappa shape index (κ1) is 16.3. The van der Waals surface area contributed by atoms with E-state index in [0.29, 0.717) is 19.3 Å². The van der Waals surface area contributed by atoms with Crippen LogP contribution in [0.2, 0.25) is 0 Å². The van der Waals surface area contributed by atoms with Crippen molar-refractivity contribution in [1.82, 2.24) is 5.32 Å². The van der Waals surface area contributed by atoms with Crippen molar-refractivity contribution in [2.45, 2.75) is 46.0 Å². The van der Waals surface area contributed by atoms with Gasteiger partial charge in [0.15, 0.2) is 0 Å². The summed E-state index contributed by atoms with van der Waals surface area (Å²) in [6.45, 7) is 7.46. The maximum Gasteiger partial charge on any atom is 0.226 e. The summed E-state index contributed by atoms with van der Waals surface area (Å²) in [6, 6.07) is 0. The van der Waals surface area contributed by atoms with E-state index in [4.69, 9.17) is 0 Å². The Kier molecular flexibility index (Phi) is 6.36. The molecule has 0 aromatic carbocycles. The van der Waals surface area contributed by atoms with Crippen LogP contribution in [0.25, 0.3) is 0 Å². The quantitative estimate of drug-likeness (QED) is 0.574. The summed E-state index contributed by atoms with van der Waals surface area (Å²) in [5, 5.41) is 2.29. The molecular weight excluding hydrogens is 254 g/mol. The summed E-state index contributed by atoms with van der Waals surface area (Å²) in [6.07, 6.45) is 6.41. The van der Waals surface area contributed by atoms with Gasteiger partial charge in [-0.15, -0.1) is 0 Å². The zero-order chi connectivity index (χ0) is 15.1.